The normalized spacial score (nSPS) is 23.2. The van der Waals surface area contributed by atoms with Gasteiger partial charge >= 0.3 is 75.7 Å². The zero-order valence-electron chi connectivity index (χ0n) is 54.4. The van der Waals surface area contributed by atoms with Crippen LogP contribution in [0.25, 0.3) is 0 Å². The maximum absolute atomic E-state index is 10.5. The topological polar surface area (TPSA) is 404 Å². The molecule has 9 rings (SSSR count). The Morgan fingerprint density at radius 3 is 0.860 bits per heavy atom. The zero-order chi connectivity index (χ0) is 69.3. The highest BCUT2D eigenvalue weighted by Crippen LogP contribution is 2.17. The molecule has 31 nitrogen and oxygen atoms in total. The minimum atomic E-state index is -3.62. The fraction of sp³-hybridized carbons (Fsp3) is 0.957. The summed E-state index contributed by atoms with van der Waals surface area (Å²) in [5.41, 5.74) is 0. The molecule has 3 unspecified atom stereocenters. The van der Waals surface area contributed by atoms with Gasteiger partial charge in [0.15, 0.2) is 0 Å². The van der Waals surface area contributed by atoms with Crippen molar-refractivity contribution in [3.05, 3.63) is 12.5 Å². The third-order valence-corrected chi connectivity index (χ3v) is 15.3. The van der Waals surface area contributed by atoms with E-state index >= 15 is 0 Å². The van der Waals surface area contributed by atoms with E-state index < -0.39 is 95.9 Å². The Morgan fingerprint density at radius 1 is 0.360 bits per heavy atom. The Morgan fingerprint density at radius 2 is 0.709 bits per heavy atom. The van der Waals surface area contributed by atoms with Gasteiger partial charge in [0.2, 0.25) is 0 Å². The second-order valence-electron chi connectivity index (χ2n) is 12.6. The Labute approximate surface area is 528 Å². The summed E-state index contributed by atoms with van der Waals surface area (Å²) in [7, 11) is -20.5. The predicted molar refractivity (Wildman–Crippen MR) is 331 cm³/mol. The van der Waals surface area contributed by atoms with Crippen LogP contribution in [0.1, 0.15) is 190 Å². The van der Waals surface area contributed by atoms with E-state index in [0.717, 1.165) is 32.1 Å². The lowest BCUT2D eigenvalue weighted by Crippen LogP contribution is -2.17. The molecule has 0 N–H and O–H groups in total. The lowest BCUT2D eigenvalue weighted by Gasteiger charge is -2.09. The Kier molecular flexibility index (Phi) is 84.2. The molecule has 9 aliphatic rings. The maximum Gasteiger partial charge on any atom is 0.416 e. The molecule has 0 aromatic rings. The van der Waals surface area contributed by atoms with Crippen LogP contribution in [0, 0.1) is 0 Å². The SMILES string of the molecule is CC.CC.CC.CC.CC.CC.CC.CC.CC.CC1COS(=O)(=O)O1.CCC1COS(=O)(=O)O1.CCCC1COS(=O)(=O)O1.O=S1(=O)CCCCO1.O=S1(=O)CCCO1.O=S1(=O)OCCO1.O=S1OC=CO1.O=S1OCCCO1.O=S1OCCO1. The van der Waals surface area contributed by atoms with E-state index in [0.29, 0.717) is 52.5 Å². The molecule has 8 saturated heterocycles. The summed E-state index contributed by atoms with van der Waals surface area (Å²) in [4.78, 5) is 0. The van der Waals surface area contributed by atoms with E-state index in [1.54, 1.807) is 6.92 Å². The van der Waals surface area contributed by atoms with Gasteiger partial charge in [-0.05, 0) is 45.4 Å². The Bertz CT molecular complexity index is 2130. The van der Waals surface area contributed by atoms with Crippen molar-refractivity contribution in [3.8, 4) is 0 Å². The van der Waals surface area contributed by atoms with Gasteiger partial charge in [-0.1, -0.05) is 145 Å². The lowest BCUT2D eigenvalue weighted by atomic mass is 10.2. The van der Waals surface area contributed by atoms with Gasteiger partial charge in [0.05, 0.1) is 84.2 Å². The lowest BCUT2D eigenvalue weighted by molar-refractivity contribution is 0.185. The number of rotatable bonds is 3. The first kappa shape index (κ1) is 104. The van der Waals surface area contributed by atoms with Crippen LogP contribution in [0.2, 0.25) is 0 Å². The largest absolute Gasteiger partial charge is 0.416 e. The van der Waals surface area contributed by atoms with Crippen LogP contribution < -0.4 is 0 Å². The highest BCUT2D eigenvalue weighted by molar-refractivity contribution is 7.87. The first-order valence-electron chi connectivity index (χ1n) is 28.5. The molecule has 0 aromatic heterocycles. The van der Waals surface area contributed by atoms with Gasteiger partial charge in [-0.2, -0.15) is 63.1 Å². The van der Waals surface area contributed by atoms with E-state index in [4.69, 9.17) is 0 Å². The molecule has 9 aliphatic heterocycles. The third-order valence-electron chi connectivity index (χ3n) is 6.91. The Balaban J connectivity index is -0.000000107. The highest BCUT2D eigenvalue weighted by atomic mass is 32.3. The van der Waals surface area contributed by atoms with Crippen molar-refractivity contribution in [1.29, 1.82) is 0 Å². The molecule has 0 spiro atoms. The van der Waals surface area contributed by atoms with Crippen molar-refractivity contribution >= 4 is 95.9 Å². The van der Waals surface area contributed by atoms with Gasteiger partial charge in [0.25, 0.3) is 20.2 Å². The summed E-state index contributed by atoms with van der Waals surface area (Å²) >= 11 is -4.40. The average molecular weight is 1450 g/mol. The van der Waals surface area contributed by atoms with E-state index in [9.17, 15) is 63.1 Å². The molecule has 0 aliphatic carbocycles. The molecule has 0 amide bonds. The summed E-state index contributed by atoms with van der Waals surface area (Å²) in [5.74, 6) is 0.403. The minimum absolute atomic E-state index is 0.141. The molecular formula is C46H108O31S9. The van der Waals surface area contributed by atoms with Gasteiger partial charge < -0.3 is 8.37 Å². The van der Waals surface area contributed by atoms with E-state index in [1.165, 1.54) is 12.5 Å². The standard InChI is InChI=1S/C5H10O4S.C4H8O4S.C4H8O3S.C3H6O4S.2C3H6O3S.C2H4O4S.C2H4O3S.C2H2O3S.9C2H6/c1-2-3-5-4-8-10(6,7)9-5;1-2-4-3-7-9(5,6)8-4;5-8(6)4-2-1-3-7-8;1-3-2-6-8(4,5)7-3;4-7(5)3-1-2-6-7;4-7-5-2-1-3-6-7;3-7(4)5-1-2-6-7;2*3-6-4-1-2-5-6;9*1-2/h5H,2-4H2,1H3;4H,2-3H2,1H3;1-4H2;3H,2H2,1H3;2*1-3H2;1-2H2;1-2H2;1-2H;9*1-2H3. The maximum atomic E-state index is 10.5. The minimum Gasteiger partial charge on any atom is -0.376 e. The van der Waals surface area contributed by atoms with Crippen molar-refractivity contribution < 1.29 is 130 Å². The average Bonchev–Trinajstić information content (AvgIpc) is 4.62. The Hall–Kier alpha value is -1.07. The van der Waals surface area contributed by atoms with Gasteiger partial charge in [-0.25, -0.2) is 33.5 Å². The predicted octanol–water partition coefficient (Wildman–Crippen LogP) is 8.24. The smallest absolute Gasteiger partial charge is 0.376 e. The third kappa shape index (κ3) is 73.7. The second kappa shape index (κ2) is 69.8. The van der Waals surface area contributed by atoms with Crippen LogP contribution in [-0.4, -0.2) is 166 Å². The van der Waals surface area contributed by atoms with Gasteiger partial charge in [-0.15, -0.1) is 0 Å². The van der Waals surface area contributed by atoms with Crippen molar-refractivity contribution in [2.24, 2.45) is 0 Å². The van der Waals surface area contributed by atoms with Crippen molar-refractivity contribution in [3.63, 3.8) is 0 Å². The molecule has 3 atom stereocenters. The molecule has 86 heavy (non-hydrogen) atoms. The first-order valence-corrected chi connectivity index (χ1v) is 40.0. The molecule has 0 bridgehead atoms. The van der Waals surface area contributed by atoms with Crippen molar-refractivity contribution in [1.82, 2.24) is 0 Å². The molecule has 40 heteroatoms. The molecule has 0 aromatic carbocycles. The molecule has 8 fully saturated rings. The van der Waals surface area contributed by atoms with Crippen LogP contribution in [0.3, 0.4) is 0 Å². The van der Waals surface area contributed by atoms with Crippen LogP contribution in [0.4, 0.5) is 0 Å². The van der Waals surface area contributed by atoms with E-state index in [2.05, 4.69) is 66.9 Å². The fourth-order valence-electron chi connectivity index (χ4n) is 3.99. The van der Waals surface area contributed by atoms with Crippen LogP contribution >= 0.6 is 0 Å². The number of hydrogen-bond donors (Lipinski definition) is 0. The molecule has 0 saturated carbocycles. The van der Waals surface area contributed by atoms with Crippen molar-refractivity contribution in [2.45, 2.75) is 209 Å². The molecular weight excluding hydrogens is 1340 g/mol. The van der Waals surface area contributed by atoms with Gasteiger partial charge in [-0.3, -0.25) is 25.1 Å². The van der Waals surface area contributed by atoms with E-state index in [-0.39, 0.29) is 62.9 Å². The quantitative estimate of drug-likeness (QED) is 0.240. The molecule has 532 valence electrons. The van der Waals surface area contributed by atoms with Gasteiger partial charge in [0.1, 0.15) is 30.8 Å². The summed E-state index contributed by atoms with van der Waals surface area (Å²) in [6.45, 7) is 45.0. The second-order valence-corrected chi connectivity index (χ2v) is 23.7. The summed E-state index contributed by atoms with van der Waals surface area (Å²) in [6.07, 6.45) is 7.06. The van der Waals surface area contributed by atoms with Gasteiger partial charge in [0, 0.05) is 0 Å². The zero-order valence-corrected chi connectivity index (χ0v) is 61.7. The summed E-state index contributed by atoms with van der Waals surface area (Å²) in [5, 5.41) is 0. The highest BCUT2D eigenvalue weighted by Gasteiger charge is 2.30. The fourth-order valence-corrected chi connectivity index (χ4v) is 10.6. The van der Waals surface area contributed by atoms with Crippen LogP contribution in [0.15, 0.2) is 12.5 Å². The molecule has 9 heterocycles. The monoisotopic (exact) mass is 1440 g/mol. The summed E-state index contributed by atoms with van der Waals surface area (Å²) < 4.78 is 223. The molecule has 0 radical (unpaired) electrons. The first-order chi connectivity index (χ1) is 40.7. The number of hydrogen-bond acceptors (Lipinski definition) is 31. The summed E-state index contributed by atoms with van der Waals surface area (Å²) in [6, 6.07) is 0. The van der Waals surface area contributed by atoms with Crippen LogP contribution in [-0.2, 0) is 163 Å². The van der Waals surface area contributed by atoms with E-state index in [1.807, 2.05) is 138 Å². The van der Waals surface area contributed by atoms with Crippen molar-refractivity contribution in [2.75, 3.05) is 84.2 Å². The van der Waals surface area contributed by atoms with Crippen LogP contribution in [0.5, 0.6) is 0 Å².